The van der Waals surface area contributed by atoms with E-state index >= 15 is 0 Å². The predicted octanol–water partition coefficient (Wildman–Crippen LogP) is 5.82. The van der Waals surface area contributed by atoms with Gasteiger partial charge in [-0.15, -0.1) is 0 Å². The van der Waals surface area contributed by atoms with Crippen LogP contribution in [0.5, 0.6) is 0 Å². The van der Waals surface area contributed by atoms with E-state index in [2.05, 4.69) is 53.0 Å². The quantitative estimate of drug-likeness (QED) is 0.514. The fourth-order valence-electron chi connectivity index (χ4n) is 3.80. The van der Waals surface area contributed by atoms with Gasteiger partial charge in [0.2, 0.25) is 0 Å². The normalized spacial score (nSPS) is 16.8. The van der Waals surface area contributed by atoms with Crippen molar-refractivity contribution in [2.24, 2.45) is 0 Å². The lowest BCUT2D eigenvalue weighted by atomic mass is 9.93. The highest BCUT2D eigenvalue weighted by Crippen LogP contribution is 2.24. The van der Waals surface area contributed by atoms with E-state index in [1.807, 2.05) is 35.1 Å². The van der Waals surface area contributed by atoms with Crippen molar-refractivity contribution in [3.63, 3.8) is 0 Å². The highest BCUT2D eigenvalue weighted by molar-refractivity contribution is 6.30. The van der Waals surface area contributed by atoms with Crippen molar-refractivity contribution in [3.05, 3.63) is 83.7 Å². The topological polar surface area (TPSA) is 29.9 Å². The molecule has 1 unspecified atom stereocenters. The fourth-order valence-corrected chi connectivity index (χ4v) is 3.93. The average Bonchev–Trinajstić information content (AvgIpc) is 3.22. The van der Waals surface area contributed by atoms with E-state index in [-0.39, 0.29) is 0 Å². The Hall–Kier alpha value is -2.36. The van der Waals surface area contributed by atoms with Crippen LogP contribution in [-0.4, -0.2) is 22.4 Å². The zero-order chi connectivity index (χ0) is 19.2. The lowest BCUT2D eigenvalue weighted by molar-refractivity contribution is 0.456. The first kappa shape index (κ1) is 19.0. The molecule has 1 atom stereocenters. The van der Waals surface area contributed by atoms with E-state index < -0.39 is 0 Å². The van der Waals surface area contributed by atoms with Gasteiger partial charge in [0.05, 0.1) is 6.20 Å². The van der Waals surface area contributed by atoms with Crippen molar-refractivity contribution >= 4 is 17.2 Å². The first-order valence-electron chi connectivity index (χ1n) is 10.0. The van der Waals surface area contributed by atoms with Gasteiger partial charge < -0.3 is 5.32 Å². The smallest absolute Gasteiger partial charge is 0.0568 e. The second-order valence-electron chi connectivity index (χ2n) is 7.40. The lowest BCUT2D eigenvalue weighted by Gasteiger charge is -2.24. The molecule has 0 saturated heterocycles. The van der Waals surface area contributed by atoms with Gasteiger partial charge in [-0.05, 0) is 48.1 Å². The Morgan fingerprint density at radius 2 is 1.79 bits per heavy atom. The van der Waals surface area contributed by atoms with Crippen molar-refractivity contribution in [1.82, 2.24) is 15.1 Å². The van der Waals surface area contributed by atoms with Crippen LogP contribution in [0.25, 0.3) is 16.7 Å². The number of hydrogen-bond donors (Lipinski definition) is 1. The van der Waals surface area contributed by atoms with Gasteiger partial charge in [-0.1, -0.05) is 66.6 Å². The summed E-state index contributed by atoms with van der Waals surface area (Å²) in [6.07, 6.45) is 11.1. The minimum absolute atomic E-state index is 0.572. The van der Waals surface area contributed by atoms with Crippen LogP contribution in [0.1, 0.15) is 31.2 Å². The molecule has 2 aromatic carbocycles. The van der Waals surface area contributed by atoms with Gasteiger partial charge in [-0.2, -0.15) is 5.10 Å². The molecule has 4 heteroatoms. The molecule has 28 heavy (non-hydrogen) atoms. The van der Waals surface area contributed by atoms with Crippen LogP contribution in [0.2, 0.25) is 5.02 Å². The van der Waals surface area contributed by atoms with Gasteiger partial charge in [0.1, 0.15) is 0 Å². The Balaban J connectivity index is 1.23. The number of benzene rings is 2. The number of aryl methyl sites for hydroxylation is 1. The third-order valence-electron chi connectivity index (χ3n) is 5.37. The lowest BCUT2D eigenvalue weighted by Crippen LogP contribution is -2.32. The van der Waals surface area contributed by atoms with Crippen LogP contribution in [0.4, 0.5) is 0 Å². The van der Waals surface area contributed by atoms with Crippen LogP contribution >= 0.6 is 11.6 Å². The summed E-state index contributed by atoms with van der Waals surface area (Å²) in [6.45, 7) is 1.93. The molecule has 0 fully saturated rings. The van der Waals surface area contributed by atoms with Crippen LogP contribution in [0.15, 0.2) is 73.1 Å². The third-order valence-corrected chi connectivity index (χ3v) is 5.62. The molecule has 0 bridgehead atoms. The number of unbranched alkanes of at least 4 members (excludes halogenated alkanes) is 1. The molecule has 0 radical (unpaired) electrons. The van der Waals surface area contributed by atoms with Crippen LogP contribution in [0.3, 0.4) is 0 Å². The maximum Gasteiger partial charge on any atom is 0.0568 e. The molecule has 1 aromatic heterocycles. The molecule has 0 amide bonds. The SMILES string of the molecule is Clc1ccc(-c2cnn(CCCCC3CC(c4ccccc4)=CCN3)c2)cc1. The molecule has 3 aromatic rings. The second-order valence-corrected chi connectivity index (χ2v) is 7.84. The Morgan fingerprint density at radius 1 is 0.964 bits per heavy atom. The largest absolute Gasteiger partial charge is 0.310 e. The zero-order valence-corrected chi connectivity index (χ0v) is 16.8. The van der Waals surface area contributed by atoms with E-state index in [4.69, 9.17) is 11.6 Å². The summed E-state index contributed by atoms with van der Waals surface area (Å²) in [5.41, 5.74) is 5.13. The minimum Gasteiger partial charge on any atom is -0.310 e. The van der Waals surface area contributed by atoms with E-state index in [9.17, 15) is 0 Å². The summed E-state index contributed by atoms with van der Waals surface area (Å²) >= 11 is 5.97. The van der Waals surface area contributed by atoms with Gasteiger partial charge in [-0.25, -0.2) is 0 Å². The maximum absolute atomic E-state index is 5.97. The summed E-state index contributed by atoms with van der Waals surface area (Å²) in [5.74, 6) is 0. The van der Waals surface area contributed by atoms with E-state index in [0.717, 1.165) is 42.1 Å². The number of nitrogens with zero attached hydrogens (tertiary/aromatic N) is 2. The van der Waals surface area contributed by atoms with Crippen molar-refractivity contribution in [1.29, 1.82) is 0 Å². The van der Waals surface area contributed by atoms with Gasteiger partial charge in [0, 0.05) is 35.9 Å². The van der Waals surface area contributed by atoms with Crippen molar-refractivity contribution in [2.45, 2.75) is 38.3 Å². The summed E-state index contributed by atoms with van der Waals surface area (Å²) in [5, 5.41) is 8.91. The average molecular weight is 392 g/mol. The molecule has 1 N–H and O–H groups in total. The Bertz CT molecular complexity index is 913. The highest BCUT2D eigenvalue weighted by Gasteiger charge is 2.15. The summed E-state index contributed by atoms with van der Waals surface area (Å²) in [7, 11) is 0. The van der Waals surface area contributed by atoms with Crippen LogP contribution < -0.4 is 5.32 Å². The number of halogens is 1. The minimum atomic E-state index is 0.572. The summed E-state index contributed by atoms with van der Waals surface area (Å²) in [6, 6.07) is 19.2. The molecule has 0 saturated carbocycles. The van der Waals surface area contributed by atoms with Crippen LogP contribution in [-0.2, 0) is 6.54 Å². The molecule has 2 heterocycles. The molecule has 4 rings (SSSR count). The first-order valence-corrected chi connectivity index (χ1v) is 10.4. The molecule has 1 aliphatic heterocycles. The van der Waals surface area contributed by atoms with Gasteiger partial charge in [-0.3, -0.25) is 4.68 Å². The fraction of sp³-hybridized carbons (Fsp3) is 0.292. The van der Waals surface area contributed by atoms with Crippen molar-refractivity contribution in [3.8, 4) is 11.1 Å². The number of nitrogens with one attached hydrogen (secondary N) is 1. The third kappa shape index (κ3) is 4.92. The summed E-state index contributed by atoms with van der Waals surface area (Å²) < 4.78 is 2.05. The van der Waals surface area contributed by atoms with E-state index in [1.54, 1.807) is 0 Å². The maximum atomic E-state index is 5.97. The molecule has 3 nitrogen and oxygen atoms in total. The van der Waals surface area contributed by atoms with Gasteiger partial charge in [0.15, 0.2) is 0 Å². The molecular weight excluding hydrogens is 366 g/mol. The standard InChI is InChI=1S/C24H26ClN3/c25-23-11-9-20(10-12-23)22-17-27-28(18-22)15-5-4-8-24-16-21(13-14-26-24)19-6-2-1-3-7-19/h1-3,6-7,9-13,17-18,24,26H,4-5,8,14-16H2. The molecule has 0 aliphatic carbocycles. The van der Waals surface area contributed by atoms with Gasteiger partial charge >= 0.3 is 0 Å². The second kappa shape index (κ2) is 9.22. The molecular formula is C24H26ClN3. The zero-order valence-electron chi connectivity index (χ0n) is 16.0. The molecule has 0 spiro atoms. The van der Waals surface area contributed by atoms with Crippen molar-refractivity contribution < 1.29 is 0 Å². The Labute approximate surface area is 172 Å². The highest BCUT2D eigenvalue weighted by atomic mass is 35.5. The predicted molar refractivity (Wildman–Crippen MR) is 117 cm³/mol. The number of rotatable bonds is 7. The van der Waals surface area contributed by atoms with Gasteiger partial charge in [0.25, 0.3) is 0 Å². The molecule has 144 valence electrons. The Morgan fingerprint density at radius 3 is 2.61 bits per heavy atom. The number of aromatic nitrogens is 2. The Kier molecular flexibility index (Phi) is 6.25. The molecule has 1 aliphatic rings. The summed E-state index contributed by atoms with van der Waals surface area (Å²) in [4.78, 5) is 0. The monoisotopic (exact) mass is 391 g/mol. The van der Waals surface area contributed by atoms with Crippen LogP contribution in [0, 0.1) is 0 Å². The number of hydrogen-bond acceptors (Lipinski definition) is 2. The first-order chi connectivity index (χ1) is 13.8. The van der Waals surface area contributed by atoms with E-state index in [0.29, 0.717) is 6.04 Å². The van der Waals surface area contributed by atoms with Crippen molar-refractivity contribution in [2.75, 3.05) is 6.54 Å². The van der Waals surface area contributed by atoms with E-state index in [1.165, 1.54) is 24.0 Å².